The van der Waals surface area contributed by atoms with E-state index in [1.807, 2.05) is 0 Å². The van der Waals surface area contributed by atoms with Gasteiger partial charge in [-0.25, -0.2) is 9.97 Å². The number of amides is 1. The number of pyridine rings is 2. The van der Waals surface area contributed by atoms with Gasteiger partial charge in [0, 0.05) is 31.0 Å². The van der Waals surface area contributed by atoms with Gasteiger partial charge in [-0.1, -0.05) is 6.07 Å². The third kappa shape index (κ3) is 2.84. The Balaban J connectivity index is 1.40. The average molecular weight is 454 g/mol. The minimum atomic E-state index is -4.46. The van der Waals surface area contributed by atoms with Crippen LogP contribution in [0.2, 0.25) is 0 Å². The van der Waals surface area contributed by atoms with Crippen molar-refractivity contribution in [3.05, 3.63) is 53.5 Å². The largest absolute Gasteiger partial charge is 0.487 e. The van der Waals surface area contributed by atoms with Crippen LogP contribution in [0.25, 0.3) is 21.8 Å². The molecule has 3 aromatic heterocycles. The van der Waals surface area contributed by atoms with E-state index in [2.05, 4.69) is 15.1 Å². The number of alkyl halides is 3. The van der Waals surface area contributed by atoms with Crippen LogP contribution < -0.4 is 10.5 Å². The topological polar surface area (TPSA) is 99.2 Å². The van der Waals surface area contributed by atoms with Crippen LogP contribution in [-0.2, 0) is 13.2 Å². The normalized spacial score (nSPS) is 19.7. The number of aromatic nitrogens is 4. The van der Waals surface area contributed by atoms with Gasteiger partial charge in [-0.05, 0) is 18.2 Å². The Morgan fingerprint density at radius 2 is 2.03 bits per heavy atom. The molecule has 5 heterocycles. The monoisotopic (exact) mass is 454 g/mol. The molecule has 1 amide bonds. The molecular formula is C22H17F3N6O2. The van der Waals surface area contributed by atoms with E-state index in [0.29, 0.717) is 40.6 Å². The summed E-state index contributed by atoms with van der Waals surface area (Å²) in [6.45, 7) is 0.412. The lowest BCUT2D eigenvalue weighted by Gasteiger charge is -2.23. The van der Waals surface area contributed by atoms with Crippen molar-refractivity contribution < 1.29 is 22.7 Å². The van der Waals surface area contributed by atoms with Crippen molar-refractivity contribution >= 4 is 33.5 Å². The second-order valence-corrected chi connectivity index (χ2v) is 8.25. The molecule has 1 fully saturated rings. The highest BCUT2D eigenvalue weighted by molar-refractivity contribution is 6.09. The van der Waals surface area contributed by atoms with Crippen molar-refractivity contribution in [2.45, 2.75) is 24.7 Å². The number of rotatable bonds is 1. The second-order valence-electron chi connectivity index (χ2n) is 8.25. The fraction of sp³-hybridized carbons (Fsp3) is 0.273. The van der Waals surface area contributed by atoms with E-state index in [9.17, 15) is 18.0 Å². The first-order valence-electron chi connectivity index (χ1n) is 10.3. The Morgan fingerprint density at radius 3 is 2.82 bits per heavy atom. The van der Waals surface area contributed by atoms with Gasteiger partial charge in [0.15, 0.2) is 0 Å². The molecule has 2 aliphatic rings. The van der Waals surface area contributed by atoms with Crippen molar-refractivity contribution in [2.24, 2.45) is 7.05 Å². The predicted octanol–water partition coefficient (Wildman–Crippen LogP) is 3.47. The van der Waals surface area contributed by atoms with E-state index in [4.69, 9.17) is 10.5 Å². The molecule has 0 bridgehead atoms. The quantitative estimate of drug-likeness (QED) is 0.473. The molecular weight excluding hydrogens is 437 g/mol. The maximum Gasteiger partial charge on any atom is 0.416 e. The van der Waals surface area contributed by atoms with Crippen LogP contribution in [0.1, 0.15) is 34.1 Å². The van der Waals surface area contributed by atoms with Gasteiger partial charge in [0.25, 0.3) is 5.91 Å². The number of carbonyl (C=O) groups excluding carboxylic acids is 1. The lowest BCUT2D eigenvalue weighted by Crippen LogP contribution is -2.32. The van der Waals surface area contributed by atoms with Crippen molar-refractivity contribution in [2.75, 3.05) is 12.3 Å². The Morgan fingerprint density at radius 1 is 1.21 bits per heavy atom. The highest BCUT2D eigenvalue weighted by Gasteiger charge is 2.46. The van der Waals surface area contributed by atoms with Gasteiger partial charge in [0.2, 0.25) is 0 Å². The smallest absolute Gasteiger partial charge is 0.416 e. The fourth-order valence-electron chi connectivity index (χ4n) is 4.83. The zero-order chi connectivity index (χ0) is 23.1. The first-order valence-corrected chi connectivity index (χ1v) is 10.3. The molecule has 8 nitrogen and oxygen atoms in total. The molecule has 0 aliphatic carbocycles. The Hall–Kier alpha value is -3.89. The number of fused-ring (bicyclic) bond motifs is 6. The van der Waals surface area contributed by atoms with E-state index >= 15 is 0 Å². The Bertz CT molecular complexity index is 1460. The van der Waals surface area contributed by atoms with Gasteiger partial charge in [0.1, 0.15) is 23.4 Å². The van der Waals surface area contributed by atoms with E-state index in [1.54, 1.807) is 28.9 Å². The molecule has 11 heteroatoms. The van der Waals surface area contributed by atoms with Crippen LogP contribution in [0.15, 0.2) is 36.7 Å². The minimum absolute atomic E-state index is 0.167. The highest BCUT2D eigenvalue weighted by Crippen LogP contribution is 2.47. The summed E-state index contributed by atoms with van der Waals surface area (Å²) in [6.07, 6.45) is -1.22. The van der Waals surface area contributed by atoms with Gasteiger partial charge in [-0.3, -0.25) is 9.48 Å². The number of hydrogen-bond donors (Lipinski definition) is 1. The second kappa shape index (κ2) is 6.56. The summed E-state index contributed by atoms with van der Waals surface area (Å²) in [5.74, 6) is 0.166. The van der Waals surface area contributed by atoms with Gasteiger partial charge in [0.05, 0.1) is 40.4 Å². The average Bonchev–Trinajstić information content (AvgIpc) is 3.46. The summed E-state index contributed by atoms with van der Waals surface area (Å²) in [7, 11) is 1.77. The number of ether oxygens (including phenoxy) is 1. The number of anilines is 1. The van der Waals surface area contributed by atoms with Crippen molar-refractivity contribution in [3.63, 3.8) is 0 Å². The first kappa shape index (κ1) is 19.8. The molecule has 1 aromatic carbocycles. The number of likely N-dealkylation sites (tertiary alicyclic amines) is 1. The number of hydrogen-bond acceptors (Lipinski definition) is 6. The first-order chi connectivity index (χ1) is 15.7. The molecule has 168 valence electrons. The SMILES string of the molecule is Cn1ncc2c(N)nc3cnc(C(=O)N4CCC5Oc6cc(C(F)(F)F)ccc6[C@@H]54)cc3c21. The summed E-state index contributed by atoms with van der Waals surface area (Å²) >= 11 is 0. The number of halogens is 3. The number of carbonyl (C=O) groups is 1. The Labute approximate surface area is 184 Å². The maximum atomic E-state index is 13.5. The van der Waals surface area contributed by atoms with Crippen LogP contribution >= 0.6 is 0 Å². The predicted molar refractivity (Wildman–Crippen MR) is 112 cm³/mol. The van der Waals surface area contributed by atoms with Crippen LogP contribution in [0, 0.1) is 0 Å². The van der Waals surface area contributed by atoms with Gasteiger partial charge >= 0.3 is 6.18 Å². The molecule has 1 unspecified atom stereocenters. The third-order valence-corrected chi connectivity index (χ3v) is 6.35. The van der Waals surface area contributed by atoms with Crippen molar-refractivity contribution in [1.82, 2.24) is 24.6 Å². The summed E-state index contributed by atoms with van der Waals surface area (Å²) in [6, 6.07) is 4.61. The van der Waals surface area contributed by atoms with E-state index in [1.165, 1.54) is 12.3 Å². The van der Waals surface area contributed by atoms with Gasteiger partial charge in [-0.2, -0.15) is 18.3 Å². The molecule has 1 saturated heterocycles. The lowest BCUT2D eigenvalue weighted by molar-refractivity contribution is -0.137. The zero-order valence-electron chi connectivity index (χ0n) is 17.3. The van der Waals surface area contributed by atoms with E-state index in [-0.39, 0.29) is 17.4 Å². The molecule has 0 saturated carbocycles. The molecule has 0 radical (unpaired) electrons. The van der Waals surface area contributed by atoms with Gasteiger partial charge in [-0.15, -0.1) is 0 Å². The Kier molecular flexibility index (Phi) is 3.93. The standard InChI is InChI=1S/C22H17F3N6O2/c1-30-18-12-7-14(27-9-15(12)29-20(26)13(18)8-28-30)21(32)31-5-4-16-19(31)11-3-2-10(22(23,24)25)6-17(11)33-16/h2-3,6-9,16,19H,4-5H2,1H3,(H2,26,29)/t16?,19-/m0/s1. The van der Waals surface area contributed by atoms with Crippen LogP contribution in [0.5, 0.6) is 5.75 Å². The molecule has 4 aromatic rings. The lowest BCUT2D eigenvalue weighted by atomic mass is 10.0. The minimum Gasteiger partial charge on any atom is -0.487 e. The van der Waals surface area contributed by atoms with Crippen LogP contribution in [0.4, 0.5) is 19.0 Å². The summed E-state index contributed by atoms with van der Waals surface area (Å²) in [5, 5.41) is 5.60. The molecule has 2 atom stereocenters. The third-order valence-electron chi connectivity index (χ3n) is 6.35. The number of aryl methyl sites for hydroxylation is 1. The molecule has 6 rings (SSSR count). The summed E-state index contributed by atoms with van der Waals surface area (Å²) in [5.41, 5.74) is 7.30. The molecule has 2 N–H and O–H groups in total. The number of nitrogens with zero attached hydrogens (tertiary/aromatic N) is 5. The summed E-state index contributed by atoms with van der Waals surface area (Å²) < 4.78 is 46.7. The maximum absolute atomic E-state index is 13.5. The number of nitrogens with two attached hydrogens (primary N) is 1. The zero-order valence-corrected chi connectivity index (χ0v) is 17.3. The number of benzene rings is 1. The summed E-state index contributed by atoms with van der Waals surface area (Å²) in [4.78, 5) is 23.7. The molecule has 33 heavy (non-hydrogen) atoms. The van der Waals surface area contributed by atoms with Crippen molar-refractivity contribution in [1.29, 1.82) is 0 Å². The fourth-order valence-corrected chi connectivity index (χ4v) is 4.83. The van der Waals surface area contributed by atoms with E-state index < -0.39 is 23.9 Å². The molecule has 0 spiro atoms. The van der Waals surface area contributed by atoms with E-state index in [0.717, 1.165) is 17.6 Å². The van der Waals surface area contributed by atoms with Crippen LogP contribution in [0.3, 0.4) is 0 Å². The van der Waals surface area contributed by atoms with Crippen LogP contribution in [-0.4, -0.2) is 43.2 Å². The van der Waals surface area contributed by atoms with Crippen molar-refractivity contribution in [3.8, 4) is 5.75 Å². The van der Waals surface area contributed by atoms with Gasteiger partial charge < -0.3 is 15.4 Å². The number of nitrogen functional groups attached to an aromatic ring is 1. The highest BCUT2D eigenvalue weighted by atomic mass is 19.4. The molecule has 2 aliphatic heterocycles.